The number of hydrogen-bond donors (Lipinski definition) is 1. The van der Waals surface area contributed by atoms with Crippen LogP contribution in [0.3, 0.4) is 0 Å². The first-order valence-electron chi connectivity index (χ1n) is 11.8. The van der Waals surface area contributed by atoms with Crippen molar-refractivity contribution in [3.63, 3.8) is 0 Å². The number of amides is 1. The van der Waals surface area contributed by atoms with Gasteiger partial charge in [-0.05, 0) is 31.7 Å². The first kappa shape index (κ1) is 24.3. The van der Waals surface area contributed by atoms with Gasteiger partial charge in [0.1, 0.15) is 11.5 Å². The quantitative estimate of drug-likeness (QED) is 0.429. The lowest BCUT2D eigenvalue weighted by atomic mass is 10.1. The molecule has 0 unspecified atom stereocenters. The van der Waals surface area contributed by atoms with Gasteiger partial charge >= 0.3 is 6.55 Å². The fourth-order valence-electron chi connectivity index (χ4n) is 4.51. The summed E-state index contributed by atoms with van der Waals surface area (Å²) in [6.07, 6.45) is 4.12. The number of nitriles is 1. The maximum atomic E-state index is 13.2. The number of carbonyl (C=O) groups excluding carboxylic acids is 1. The zero-order chi connectivity index (χ0) is 26.1. The molecule has 1 aliphatic heterocycles. The van der Waals surface area contributed by atoms with Crippen molar-refractivity contribution in [1.29, 1.82) is 5.26 Å². The summed E-state index contributed by atoms with van der Waals surface area (Å²) in [4.78, 5) is 22.2. The predicted molar refractivity (Wildman–Crippen MR) is 132 cm³/mol. The smallest absolute Gasteiger partial charge is 0.333 e. The second kappa shape index (κ2) is 9.94. The maximum Gasteiger partial charge on any atom is 0.333 e. The van der Waals surface area contributed by atoms with Gasteiger partial charge in [-0.2, -0.15) is 28.8 Å². The lowest BCUT2D eigenvalue weighted by Gasteiger charge is -2.39. The van der Waals surface area contributed by atoms with Crippen LogP contribution >= 0.6 is 0 Å². The van der Waals surface area contributed by atoms with E-state index >= 15 is 0 Å². The molecule has 37 heavy (non-hydrogen) atoms. The molecule has 5 rings (SSSR count). The Bertz CT molecular complexity index is 1470. The summed E-state index contributed by atoms with van der Waals surface area (Å²) in [5.41, 5.74) is 2.86. The van der Waals surface area contributed by atoms with E-state index in [9.17, 15) is 13.6 Å². The van der Waals surface area contributed by atoms with Crippen LogP contribution in [0.1, 0.15) is 35.1 Å². The molecule has 1 saturated heterocycles. The molecule has 1 fully saturated rings. The zero-order valence-electron chi connectivity index (χ0n) is 20.3. The summed E-state index contributed by atoms with van der Waals surface area (Å²) in [5, 5.41) is 20.1. The van der Waals surface area contributed by atoms with Crippen molar-refractivity contribution >= 4 is 17.4 Å². The van der Waals surface area contributed by atoms with Gasteiger partial charge in [-0.15, -0.1) is 0 Å². The molecular weight excluding hydrogens is 480 g/mol. The number of aromatic nitrogens is 5. The molecule has 1 amide bonds. The summed E-state index contributed by atoms with van der Waals surface area (Å²) in [5.74, 6) is 0.312. The summed E-state index contributed by atoms with van der Waals surface area (Å²) >= 11 is 0. The van der Waals surface area contributed by atoms with Crippen molar-refractivity contribution in [3.8, 4) is 17.2 Å². The summed E-state index contributed by atoms with van der Waals surface area (Å²) in [6, 6.07) is 10.9. The molecule has 4 heterocycles. The van der Waals surface area contributed by atoms with Gasteiger partial charge in [0, 0.05) is 55.6 Å². The number of piperazine rings is 1. The molecule has 1 N–H and O–H groups in total. The second-order valence-electron chi connectivity index (χ2n) is 9.08. The number of nitrogens with one attached hydrogen (secondary N) is 1. The maximum absolute atomic E-state index is 13.2. The third-order valence-corrected chi connectivity index (χ3v) is 6.46. The van der Waals surface area contributed by atoms with E-state index in [1.54, 1.807) is 41.0 Å². The third kappa shape index (κ3) is 4.85. The number of nitrogens with zero attached hydrogens (tertiary/aromatic N) is 8. The number of hydrogen-bond acceptors (Lipinski definition) is 7. The number of anilines is 1. The van der Waals surface area contributed by atoms with Crippen molar-refractivity contribution < 1.29 is 13.6 Å². The average Bonchev–Trinajstić information content (AvgIpc) is 3.54. The van der Waals surface area contributed by atoms with Gasteiger partial charge in [0.25, 0.3) is 5.91 Å². The van der Waals surface area contributed by atoms with E-state index in [4.69, 9.17) is 5.26 Å². The van der Waals surface area contributed by atoms with Crippen molar-refractivity contribution in [1.82, 2.24) is 34.6 Å². The first-order valence-corrected chi connectivity index (χ1v) is 11.8. The van der Waals surface area contributed by atoms with Crippen LogP contribution in [0, 0.1) is 11.3 Å². The Kier molecular flexibility index (Phi) is 6.54. The van der Waals surface area contributed by atoms with E-state index in [-0.39, 0.29) is 24.2 Å². The fraction of sp³-hybridized carbons (Fsp3) is 0.320. The fourth-order valence-corrected chi connectivity index (χ4v) is 4.51. The van der Waals surface area contributed by atoms with Gasteiger partial charge in [0.15, 0.2) is 5.65 Å². The van der Waals surface area contributed by atoms with E-state index in [0.29, 0.717) is 32.8 Å². The highest BCUT2D eigenvalue weighted by molar-refractivity contribution is 5.94. The number of halogens is 2. The summed E-state index contributed by atoms with van der Waals surface area (Å²) < 4.78 is 28.5. The van der Waals surface area contributed by atoms with Gasteiger partial charge in [0.05, 0.1) is 24.0 Å². The molecule has 12 heteroatoms. The molecule has 190 valence electrons. The van der Waals surface area contributed by atoms with Gasteiger partial charge in [-0.1, -0.05) is 12.1 Å². The van der Waals surface area contributed by atoms with Gasteiger partial charge in [0.2, 0.25) is 0 Å². The van der Waals surface area contributed by atoms with Gasteiger partial charge in [-0.25, -0.2) is 9.67 Å². The van der Waals surface area contributed by atoms with Crippen LogP contribution < -0.4 is 10.2 Å². The Morgan fingerprint density at radius 3 is 2.68 bits per heavy atom. The summed E-state index contributed by atoms with van der Waals surface area (Å²) in [6.45, 7) is 1.98. The van der Waals surface area contributed by atoms with E-state index in [1.807, 2.05) is 0 Å². The van der Waals surface area contributed by atoms with Crippen molar-refractivity contribution in [2.45, 2.75) is 26.1 Å². The first-order chi connectivity index (χ1) is 17.8. The number of benzene rings is 1. The van der Waals surface area contributed by atoms with Crippen LogP contribution in [0.2, 0.25) is 0 Å². The molecule has 0 saturated carbocycles. The van der Waals surface area contributed by atoms with E-state index < -0.39 is 6.55 Å². The lowest BCUT2D eigenvalue weighted by molar-refractivity contribution is 0.0566. The Hall–Kier alpha value is -4.37. The SMILES string of the molecule is C[C@@H]1CN(C)CCN1c1cc(C(=O)NCc2ccc(C#N)cc2)nc2c(-c3cnn(C(F)F)c3)cnn12. The molecule has 0 radical (unpaired) electrons. The van der Waals surface area contributed by atoms with E-state index in [0.717, 1.165) is 25.2 Å². The highest BCUT2D eigenvalue weighted by atomic mass is 19.3. The van der Waals surface area contributed by atoms with E-state index in [1.165, 1.54) is 12.4 Å². The largest absolute Gasteiger partial charge is 0.351 e. The molecule has 10 nitrogen and oxygen atoms in total. The molecule has 0 spiro atoms. The van der Waals surface area contributed by atoms with Crippen molar-refractivity contribution in [3.05, 3.63) is 65.7 Å². The second-order valence-corrected chi connectivity index (χ2v) is 9.08. The molecular formula is C25H25F2N9O. The predicted octanol–water partition coefficient (Wildman–Crippen LogP) is 2.93. The zero-order valence-corrected chi connectivity index (χ0v) is 20.3. The Morgan fingerprint density at radius 2 is 2.00 bits per heavy atom. The minimum absolute atomic E-state index is 0.146. The highest BCUT2D eigenvalue weighted by Crippen LogP contribution is 2.29. The number of fused-ring (bicyclic) bond motifs is 1. The van der Waals surface area contributed by atoms with Crippen LogP contribution in [0.5, 0.6) is 0 Å². The number of likely N-dealkylation sites (N-methyl/N-ethyl adjacent to an activating group) is 1. The van der Waals surface area contributed by atoms with Crippen molar-refractivity contribution in [2.75, 3.05) is 31.6 Å². The third-order valence-electron chi connectivity index (χ3n) is 6.46. The Morgan fingerprint density at radius 1 is 1.22 bits per heavy atom. The minimum Gasteiger partial charge on any atom is -0.351 e. The van der Waals surface area contributed by atoms with Crippen LogP contribution in [-0.4, -0.2) is 67.9 Å². The van der Waals surface area contributed by atoms with Crippen LogP contribution in [0.25, 0.3) is 16.8 Å². The molecule has 3 aromatic heterocycles. The molecule has 0 aliphatic carbocycles. The average molecular weight is 506 g/mol. The lowest BCUT2D eigenvalue weighted by Crippen LogP contribution is -2.51. The number of alkyl halides is 2. The highest BCUT2D eigenvalue weighted by Gasteiger charge is 2.27. The Balaban J connectivity index is 1.52. The summed E-state index contributed by atoms with van der Waals surface area (Å²) in [7, 11) is 2.06. The topological polar surface area (TPSA) is 107 Å². The minimum atomic E-state index is -2.77. The normalized spacial score (nSPS) is 16.3. The van der Waals surface area contributed by atoms with Gasteiger partial charge in [-0.3, -0.25) is 4.79 Å². The molecule has 4 aromatic rings. The van der Waals surface area contributed by atoms with Crippen molar-refractivity contribution in [2.24, 2.45) is 0 Å². The number of carbonyl (C=O) groups is 1. The van der Waals surface area contributed by atoms with E-state index in [2.05, 4.69) is 50.3 Å². The molecule has 1 aliphatic rings. The van der Waals surface area contributed by atoms with Gasteiger partial charge < -0.3 is 15.1 Å². The van der Waals surface area contributed by atoms with Crippen LogP contribution in [0.4, 0.5) is 14.6 Å². The monoisotopic (exact) mass is 505 g/mol. The Labute approximate surface area is 211 Å². The van der Waals surface area contributed by atoms with Crippen LogP contribution in [0.15, 0.2) is 48.9 Å². The molecule has 1 atom stereocenters. The van der Waals surface area contributed by atoms with Crippen LogP contribution in [-0.2, 0) is 6.54 Å². The molecule has 0 bridgehead atoms. The number of rotatable bonds is 6. The standard InChI is InChI=1S/C25H25F2N9O/c1-16-14-33(2)7-8-34(16)22-9-21(24(37)29-11-18-5-3-17(10-28)4-6-18)32-23-20(13-31-36(22)23)19-12-30-35(15-19)25(26)27/h3-6,9,12-13,15-16,25H,7-8,11,14H2,1-2H3,(H,29,37)/t16-/m1/s1. The molecule has 1 aromatic carbocycles.